The van der Waals surface area contributed by atoms with Crippen LogP contribution in [0.1, 0.15) is 39.5 Å². The molecule has 19 heavy (non-hydrogen) atoms. The van der Waals surface area contributed by atoms with Crippen LogP contribution >= 0.6 is 12.4 Å². The van der Waals surface area contributed by atoms with E-state index in [-0.39, 0.29) is 23.7 Å². The molecule has 114 valence electrons. The molecule has 0 aromatic heterocycles. The summed E-state index contributed by atoms with van der Waals surface area (Å²) in [5.41, 5.74) is 5.50. The Balaban J connectivity index is 0.00000324. The molecule has 0 aromatic rings. The Bertz CT molecular complexity index is 254. The lowest BCUT2D eigenvalue weighted by molar-refractivity contribution is -0.143. The van der Waals surface area contributed by atoms with Crippen LogP contribution in [0.2, 0.25) is 0 Å². The van der Waals surface area contributed by atoms with Gasteiger partial charge in [0.2, 0.25) is 5.91 Å². The second-order valence-corrected chi connectivity index (χ2v) is 5.38. The van der Waals surface area contributed by atoms with E-state index in [2.05, 4.69) is 13.8 Å². The van der Waals surface area contributed by atoms with E-state index in [1.807, 2.05) is 4.90 Å². The number of hydrogen-bond acceptors (Lipinski definition) is 3. The van der Waals surface area contributed by atoms with Gasteiger partial charge < -0.3 is 15.4 Å². The number of carbonyl (C=O) groups is 1. The molecule has 0 radical (unpaired) electrons. The van der Waals surface area contributed by atoms with Gasteiger partial charge in [0.15, 0.2) is 0 Å². The fourth-order valence-electron chi connectivity index (χ4n) is 2.80. The van der Waals surface area contributed by atoms with Gasteiger partial charge in [0.05, 0.1) is 5.41 Å². The number of methoxy groups -OCH3 is 1. The van der Waals surface area contributed by atoms with Gasteiger partial charge in [0.1, 0.15) is 0 Å². The van der Waals surface area contributed by atoms with Gasteiger partial charge in [0, 0.05) is 33.4 Å². The number of hydrogen-bond donors (Lipinski definition) is 1. The van der Waals surface area contributed by atoms with Crippen LogP contribution in [0.4, 0.5) is 0 Å². The average Bonchev–Trinajstić information content (AvgIpc) is 2.42. The SMILES string of the molecule is CCC(CC)(CN)C(=O)N1CCC(COC)CC1.Cl. The van der Waals surface area contributed by atoms with Gasteiger partial charge in [-0.1, -0.05) is 13.8 Å². The molecule has 0 saturated carbocycles. The summed E-state index contributed by atoms with van der Waals surface area (Å²) in [6.07, 6.45) is 3.76. The molecule has 0 aliphatic carbocycles. The first-order valence-corrected chi connectivity index (χ1v) is 7.11. The van der Waals surface area contributed by atoms with Crippen LogP contribution in [0.15, 0.2) is 0 Å². The first-order valence-electron chi connectivity index (χ1n) is 7.11. The Kier molecular flexibility index (Phi) is 8.62. The maximum absolute atomic E-state index is 12.6. The summed E-state index contributed by atoms with van der Waals surface area (Å²) < 4.78 is 5.18. The number of carbonyl (C=O) groups excluding carboxylic acids is 1. The van der Waals surface area contributed by atoms with Crippen LogP contribution in [-0.4, -0.2) is 44.2 Å². The molecule has 2 N–H and O–H groups in total. The van der Waals surface area contributed by atoms with Crippen molar-refractivity contribution in [2.75, 3.05) is 33.4 Å². The molecule has 0 aromatic carbocycles. The second-order valence-electron chi connectivity index (χ2n) is 5.38. The van der Waals surface area contributed by atoms with Crippen molar-refractivity contribution in [2.24, 2.45) is 17.1 Å². The van der Waals surface area contributed by atoms with Gasteiger partial charge in [0.25, 0.3) is 0 Å². The Labute approximate surface area is 123 Å². The smallest absolute Gasteiger partial charge is 0.230 e. The molecule has 0 unspecified atom stereocenters. The zero-order valence-electron chi connectivity index (χ0n) is 12.5. The van der Waals surface area contributed by atoms with Crippen molar-refractivity contribution < 1.29 is 9.53 Å². The number of halogens is 1. The van der Waals surface area contributed by atoms with Gasteiger partial charge in [-0.25, -0.2) is 0 Å². The third kappa shape index (κ3) is 4.33. The molecule has 1 fully saturated rings. The minimum Gasteiger partial charge on any atom is -0.384 e. The van der Waals surface area contributed by atoms with Crippen LogP contribution in [0.25, 0.3) is 0 Å². The summed E-state index contributed by atoms with van der Waals surface area (Å²) >= 11 is 0. The molecular weight excluding hydrogens is 264 g/mol. The van der Waals surface area contributed by atoms with Gasteiger partial charge in [-0.3, -0.25) is 4.79 Å². The van der Waals surface area contributed by atoms with E-state index in [9.17, 15) is 4.79 Å². The van der Waals surface area contributed by atoms with Crippen molar-refractivity contribution in [2.45, 2.75) is 39.5 Å². The predicted molar refractivity (Wildman–Crippen MR) is 80.5 cm³/mol. The van der Waals surface area contributed by atoms with Crippen molar-refractivity contribution in [3.8, 4) is 0 Å². The van der Waals surface area contributed by atoms with E-state index >= 15 is 0 Å². The highest BCUT2D eigenvalue weighted by atomic mass is 35.5. The molecule has 1 heterocycles. The number of likely N-dealkylation sites (tertiary alicyclic amines) is 1. The van der Waals surface area contributed by atoms with Crippen LogP contribution < -0.4 is 5.73 Å². The Morgan fingerprint density at radius 1 is 1.32 bits per heavy atom. The van der Waals surface area contributed by atoms with E-state index < -0.39 is 0 Å². The van der Waals surface area contributed by atoms with Gasteiger partial charge >= 0.3 is 0 Å². The monoisotopic (exact) mass is 292 g/mol. The molecule has 1 amide bonds. The third-order valence-corrected chi connectivity index (χ3v) is 4.50. The van der Waals surface area contributed by atoms with E-state index in [1.54, 1.807) is 7.11 Å². The molecule has 1 saturated heterocycles. The van der Waals surface area contributed by atoms with Crippen LogP contribution in [-0.2, 0) is 9.53 Å². The van der Waals surface area contributed by atoms with Gasteiger partial charge in [-0.15, -0.1) is 12.4 Å². The predicted octanol–water partition coefficient (Wildman–Crippen LogP) is 2.06. The quantitative estimate of drug-likeness (QED) is 0.815. The molecule has 0 bridgehead atoms. The normalized spacial score (nSPS) is 17.2. The molecule has 5 heteroatoms. The van der Waals surface area contributed by atoms with Crippen molar-refractivity contribution in [1.29, 1.82) is 0 Å². The zero-order valence-corrected chi connectivity index (χ0v) is 13.3. The lowest BCUT2D eigenvalue weighted by atomic mass is 9.80. The van der Waals surface area contributed by atoms with Gasteiger partial charge in [-0.05, 0) is 31.6 Å². The maximum Gasteiger partial charge on any atom is 0.230 e. The summed E-state index contributed by atoms with van der Waals surface area (Å²) in [5, 5.41) is 0. The van der Waals surface area contributed by atoms with Crippen LogP contribution in [0.3, 0.4) is 0 Å². The molecule has 0 atom stereocenters. The standard InChI is InChI=1S/C14H28N2O2.ClH/c1-4-14(5-2,11-15)13(17)16-8-6-12(7-9-16)10-18-3;/h12H,4-11,15H2,1-3H3;1H. The molecule has 0 spiro atoms. The second kappa shape index (κ2) is 8.77. The summed E-state index contributed by atoms with van der Waals surface area (Å²) in [5.74, 6) is 0.862. The summed E-state index contributed by atoms with van der Waals surface area (Å²) in [7, 11) is 1.74. The third-order valence-electron chi connectivity index (χ3n) is 4.50. The Hall–Kier alpha value is -0.320. The van der Waals surface area contributed by atoms with E-state index in [0.29, 0.717) is 12.5 Å². The average molecular weight is 293 g/mol. The van der Waals surface area contributed by atoms with Gasteiger partial charge in [-0.2, -0.15) is 0 Å². The van der Waals surface area contributed by atoms with Crippen molar-refractivity contribution in [1.82, 2.24) is 4.90 Å². The molecule has 1 aliphatic rings. The molecule has 1 aliphatic heterocycles. The molecule has 1 rings (SSSR count). The van der Waals surface area contributed by atoms with Crippen LogP contribution in [0, 0.1) is 11.3 Å². The maximum atomic E-state index is 12.6. The fourth-order valence-corrected chi connectivity index (χ4v) is 2.80. The number of nitrogens with two attached hydrogens (primary N) is 1. The summed E-state index contributed by atoms with van der Waals surface area (Å²) in [6.45, 7) is 7.10. The molecular formula is C14H29ClN2O2. The first kappa shape index (κ1) is 18.7. The van der Waals surface area contributed by atoms with Crippen molar-refractivity contribution in [3.63, 3.8) is 0 Å². The highest BCUT2D eigenvalue weighted by Crippen LogP contribution is 2.30. The summed E-state index contributed by atoms with van der Waals surface area (Å²) in [4.78, 5) is 14.6. The molecule has 4 nitrogen and oxygen atoms in total. The summed E-state index contributed by atoms with van der Waals surface area (Å²) in [6, 6.07) is 0. The number of ether oxygens (including phenoxy) is 1. The highest BCUT2D eigenvalue weighted by molar-refractivity contribution is 5.85. The van der Waals surface area contributed by atoms with Crippen LogP contribution in [0.5, 0.6) is 0 Å². The number of rotatable bonds is 6. The number of piperidine rings is 1. The zero-order chi connectivity index (χ0) is 13.6. The van der Waals surface area contributed by atoms with E-state index in [1.165, 1.54) is 0 Å². The minimum atomic E-state index is -0.339. The van der Waals surface area contributed by atoms with E-state index in [4.69, 9.17) is 10.5 Å². The number of nitrogens with zero attached hydrogens (tertiary/aromatic N) is 1. The van der Waals surface area contributed by atoms with Crippen molar-refractivity contribution in [3.05, 3.63) is 0 Å². The Morgan fingerprint density at radius 2 is 1.84 bits per heavy atom. The lowest BCUT2D eigenvalue weighted by Gasteiger charge is -2.39. The Morgan fingerprint density at radius 3 is 2.21 bits per heavy atom. The number of amides is 1. The topological polar surface area (TPSA) is 55.6 Å². The van der Waals surface area contributed by atoms with Crippen molar-refractivity contribution >= 4 is 18.3 Å². The highest BCUT2D eigenvalue weighted by Gasteiger charge is 2.37. The van der Waals surface area contributed by atoms with E-state index in [0.717, 1.165) is 45.4 Å². The minimum absolute atomic E-state index is 0. The fraction of sp³-hybridized carbons (Fsp3) is 0.929. The lowest BCUT2D eigenvalue weighted by Crippen LogP contribution is -2.50. The first-order chi connectivity index (χ1) is 8.63. The largest absolute Gasteiger partial charge is 0.384 e.